The quantitative estimate of drug-likeness (QED) is 0.547. The minimum absolute atomic E-state index is 0.0416. The predicted octanol–water partition coefficient (Wildman–Crippen LogP) is 2.42. The number of hydrogen-bond donors (Lipinski definition) is 3. The van der Waals surface area contributed by atoms with Crippen molar-refractivity contribution in [3.05, 3.63) is 53.3 Å². The average molecular weight is 270 g/mol. The number of carbonyl (C=O) groups excluding carboxylic acids is 1. The van der Waals surface area contributed by atoms with Crippen molar-refractivity contribution >= 4 is 11.9 Å². The lowest BCUT2D eigenvalue weighted by molar-refractivity contribution is 0.101. The number of aromatic hydroxyl groups is 3. The molecule has 0 radical (unpaired) electrons. The fourth-order valence-corrected chi connectivity index (χ4v) is 1.95. The Balaban J connectivity index is 2.01. The van der Waals surface area contributed by atoms with E-state index in [0.717, 1.165) is 0 Å². The first-order valence-corrected chi connectivity index (χ1v) is 5.84. The largest absolute Gasteiger partial charge is 0.508 e. The van der Waals surface area contributed by atoms with Crippen LogP contribution < -0.4 is 4.74 Å². The van der Waals surface area contributed by atoms with Crippen molar-refractivity contribution in [3.63, 3.8) is 0 Å². The van der Waals surface area contributed by atoms with Crippen LogP contribution in [0.25, 0.3) is 6.08 Å². The van der Waals surface area contributed by atoms with Gasteiger partial charge in [0.2, 0.25) is 11.5 Å². The molecule has 0 aliphatic carbocycles. The Hall–Kier alpha value is -2.95. The molecule has 5 heteroatoms. The number of ether oxygens (including phenoxy) is 1. The second-order valence-corrected chi connectivity index (χ2v) is 4.34. The van der Waals surface area contributed by atoms with Gasteiger partial charge in [-0.15, -0.1) is 0 Å². The molecule has 0 bridgehead atoms. The van der Waals surface area contributed by atoms with Gasteiger partial charge < -0.3 is 20.1 Å². The maximum atomic E-state index is 12.1. The molecule has 0 spiro atoms. The number of allylic oxidation sites excluding steroid dienone is 1. The maximum absolute atomic E-state index is 12.1. The number of phenols is 3. The molecule has 0 unspecified atom stereocenters. The molecule has 0 saturated carbocycles. The lowest BCUT2D eigenvalue weighted by Crippen LogP contribution is -1.97. The minimum Gasteiger partial charge on any atom is -0.508 e. The molecule has 3 rings (SSSR count). The van der Waals surface area contributed by atoms with Crippen LogP contribution in [-0.4, -0.2) is 21.1 Å². The van der Waals surface area contributed by atoms with Gasteiger partial charge in [-0.05, 0) is 35.9 Å². The number of hydrogen-bond acceptors (Lipinski definition) is 5. The van der Waals surface area contributed by atoms with Crippen LogP contribution in [-0.2, 0) is 0 Å². The molecule has 1 heterocycles. The Labute approximate surface area is 114 Å². The Morgan fingerprint density at radius 1 is 0.950 bits per heavy atom. The van der Waals surface area contributed by atoms with Gasteiger partial charge in [0.15, 0.2) is 17.3 Å². The van der Waals surface area contributed by atoms with E-state index in [0.29, 0.717) is 5.56 Å². The van der Waals surface area contributed by atoms with Crippen molar-refractivity contribution in [2.45, 2.75) is 0 Å². The van der Waals surface area contributed by atoms with Gasteiger partial charge >= 0.3 is 0 Å². The van der Waals surface area contributed by atoms with E-state index in [4.69, 9.17) is 4.74 Å². The summed E-state index contributed by atoms with van der Waals surface area (Å²) in [5.41, 5.74) is 0.869. The molecule has 5 nitrogen and oxygen atoms in total. The molecule has 0 aromatic heterocycles. The molecule has 100 valence electrons. The Bertz CT molecular complexity index is 729. The molecule has 0 saturated heterocycles. The fraction of sp³-hybridized carbons (Fsp3) is 0. The van der Waals surface area contributed by atoms with E-state index in [9.17, 15) is 20.1 Å². The molecule has 0 atom stereocenters. The number of ketones is 1. The third kappa shape index (κ3) is 1.85. The molecule has 0 fully saturated rings. The molecule has 1 aliphatic rings. The number of fused-ring (bicyclic) bond motifs is 1. The Morgan fingerprint density at radius 3 is 2.35 bits per heavy atom. The fourth-order valence-electron chi connectivity index (χ4n) is 1.95. The molecule has 20 heavy (non-hydrogen) atoms. The van der Waals surface area contributed by atoms with E-state index in [1.54, 1.807) is 12.1 Å². The summed E-state index contributed by atoms with van der Waals surface area (Å²) >= 11 is 0. The molecule has 2 aromatic carbocycles. The number of benzene rings is 2. The van der Waals surface area contributed by atoms with Crippen molar-refractivity contribution < 1.29 is 24.9 Å². The van der Waals surface area contributed by atoms with E-state index in [-0.39, 0.29) is 34.4 Å². The van der Waals surface area contributed by atoms with Gasteiger partial charge in [0.1, 0.15) is 5.75 Å². The lowest BCUT2D eigenvalue weighted by atomic mass is 10.1. The van der Waals surface area contributed by atoms with Crippen molar-refractivity contribution in [1.82, 2.24) is 0 Å². The van der Waals surface area contributed by atoms with E-state index in [1.165, 1.54) is 30.3 Å². The van der Waals surface area contributed by atoms with Crippen molar-refractivity contribution in [1.29, 1.82) is 0 Å². The van der Waals surface area contributed by atoms with Gasteiger partial charge in [0.05, 0.1) is 5.56 Å². The van der Waals surface area contributed by atoms with Crippen LogP contribution in [0.5, 0.6) is 23.0 Å². The highest BCUT2D eigenvalue weighted by molar-refractivity contribution is 6.15. The van der Waals surface area contributed by atoms with Crippen LogP contribution in [0, 0.1) is 0 Å². The summed E-state index contributed by atoms with van der Waals surface area (Å²) in [5.74, 6) is -1.04. The first kappa shape index (κ1) is 12.1. The van der Waals surface area contributed by atoms with Gasteiger partial charge in [-0.3, -0.25) is 4.79 Å². The van der Waals surface area contributed by atoms with Crippen LogP contribution in [0.2, 0.25) is 0 Å². The normalized spacial score (nSPS) is 15.2. The van der Waals surface area contributed by atoms with Gasteiger partial charge in [0.25, 0.3) is 0 Å². The van der Waals surface area contributed by atoms with E-state index >= 15 is 0 Å². The predicted molar refractivity (Wildman–Crippen MR) is 70.8 cm³/mol. The smallest absolute Gasteiger partial charge is 0.232 e. The Morgan fingerprint density at radius 2 is 1.65 bits per heavy atom. The molecule has 0 amide bonds. The van der Waals surface area contributed by atoms with Crippen molar-refractivity contribution in [2.75, 3.05) is 0 Å². The van der Waals surface area contributed by atoms with Crippen LogP contribution in [0.15, 0.2) is 42.2 Å². The number of rotatable bonds is 1. The monoisotopic (exact) mass is 270 g/mol. The highest BCUT2D eigenvalue weighted by atomic mass is 16.5. The van der Waals surface area contributed by atoms with Gasteiger partial charge in [-0.2, -0.15) is 0 Å². The summed E-state index contributed by atoms with van der Waals surface area (Å²) in [6.45, 7) is 0. The van der Waals surface area contributed by atoms with Gasteiger partial charge in [0, 0.05) is 0 Å². The van der Waals surface area contributed by atoms with E-state index in [1.807, 2.05) is 0 Å². The van der Waals surface area contributed by atoms with Crippen molar-refractivity contribution in [3.8, 4) is 23.0 Å². The summed E-state index contributed by atoms with van der Waals surface area (Å²) in [5, 5.41) is 28.3. The highest BCUT2D eigenvalue weighted by Gasteiger charge is 2.31. The number of phenolic OH excluding ortho intramolecular Hbond substituents is 3. The minimum atomic E-state index is -0.454. The zero-order valence-corrected chi connectivity index (χ0v) is 10.2. The molecular formula is C15H10O5. The zero-order chi connectivity index (χ0) is 14.3. The third-order valence-electron chi connectivity index (χ3n) is 2.98. The Kier molecular flexibility index (Phi) is 2.61. The standard InChI is InChI=1S/C15H10O5/c16-9-3-1-8(2-4-9)7-12-13(18)10-5-6-11(17)14(19)15(10)20-12/h1-7,16-17,19H/b12-7-. The van der Waals surface area contributed by atoms with Crippen LogP contribution in [0.1, 0.15) is 15.9 Å². The van der Waals surface area contributed by atoms with E-state index < -0.39 is 5.75 Å². The highest BCUT2D eigenvalue weighted by Crippen LogP contribution is 2.44. The van der Waals surface area contributed by atoms with Crippen LogP contribution >= 0.6 is 0 Å². The zero-order valence-electron chi connectivity index (χ0n) is 10.2. The summed E-state index contributed by atoms with van der Waals surface area (Å²) in [7, 11) is 0. The molecular weight excluding hydrogens is 260 g/mol. The van der Waals surface area contributed by atoms with Crippen molar-refractivity contribution in [2.24, 2.45) is 0 Å². The third-order valence-corrected chi connectivity index (χ3v) is 2.98. The number of carbonyl (C=O) groups is 1. The molecule has 1 aliphatic heterocycles. The first-order valence-electron chi connectivity index (χ1n) is 5.84. The summed E-state index contributed by atoms with van der Waals surface area (Å²) in [4.78, 5) is 12.1. The van der Waals surface area contributed by atoms with Gasteiger partial charge in [-0.1, -0.05) is 12.1 Å². The van der Waals surface area contributed by atoms with Gasteiger partial charge in [-0.25, -0.2) is 0 Å². The van der Waals surface area contributed by atoms with Crippen LogP contribution in [0.3, 0.4) is 0 Å². The average Bonchev–Trinajstić information content (AvgIpc) is 2.75. The number of Topliss-reactive ketones (excluding diaryl/α,β-unsaturated/α-hetero) is 1. The lowest BCUT2D eigenvalue weighted by Gasteiger charge is -2.02. The first-order chi connectivity index (χ1) is 9.56. The summed E-state index contributed by atoms with van der Waals surface area (Å²) < 4.78 is 5.30. The SMILES string of the molecule is O=C1/C(=C/c2ccc(O)cc2)Oc2c1ccc(O)c2O. The second kappa shape index (κ2) is 4.31. The maximum Gasteiger partial charge on any atom is 0.232 e. The summed E-state index contributed by atoms with van der Waals surface area (Å²) in [6, 6.07) is 8.85. The van der Waals surface area contributed by atoms with Crippen LogP contribution in [0.4, 0.5) is 0 Å². The summed E-state index contributed by atoms with van der Waals surface area (Å²) in [6.07, 6.45) is 1.50. The second-order valence-electron chi connectivity index (χ2n) is 4.34. The molecule has 3 N–H and O–H groups in total. The topological polar surface area (TPSA) is 87.0 Å². The molecule has 2 aromatic rings. The van der Waals surface area contributed by atoms with E-state index in [2.05, 4.69) is 0 Å².